The van der Waals surface area contributed by atoms with E-state index in [0.29, 0.717) is 23.3 Å². The number of hydrogen-bond donors (Lipinski definition) is 0. The Labute approximate surface area is 385 Å². The Morgan fingerprint density at radius 1 is 0.629 bits per heavy atom. The van der Waals surface area contributed by atoms with E-state index in [1.807, 2.05) is 12.3 Å². The second-order valence-corrected chi connectivity index (χ2v) is 20.4. The summed E-state index contributed by atoms with van der Waals surface area (Å²) < 4.78 is 8.99. The molecule has 0 bridgehead atoms. The van der Waals surface area contributed by atoms with E-state index in [4.69, 9.17) is 9.72 Å². The molecule has 0 atom stereocenters. The van der Waals surface area contributed by atoms with Crippen LogP contribution in [0.2, 0.25) is 0 Å². The van der Waals surface area contributed by atoms with Crippen LogP contribution in [0.3, 0.4) is 0 Å². The van der Waals surface area contributed by atoms with Crippen LogP contribution in [0, 0.1) is 24.2 Å². The van der Waals surface area contributed by atoms with E-state index >= 15 is 0 Å². The zero-order valence-corrected chi connectivity index (χ0v) is 41.0. The number of para-hydroxylation sites is 1. The van der Waals surface area contributed by atoms with Crippen LogP contribution < -0.4 is 14.5 Å². The molecule has 0 amide bonds. The third-order valence-electron chi connectivity index (χ3n) is 11.9. The Hall–Kier alpha value is -5.12. The number of aromatic nitrogens is 2. The molecule has 5 aromatic carbocycles. The molecule has 1 aliphatic heterocycles. The minimum Gasteiger partial charge on any atom is -0.509 e. The van der Waals surface area contributed by atoms with Crippen molar-refractivity contribution in [1.29, 1.82) is 0 Å². The summed E-state index contributed by atoms with van der Waals surface area (Å²) in [6.45, 7) is 31.6. The second kappa shape index (κ2) is 16.9. The normalized spacial score (nSPS) is 13.7. The predicted octanol–water partition coefficient (Wildman–Crippen LogP) is 15.4. The molecule has 0 saturated carbocycles. The summed E-state index contributed by atoms with van der Waals surface area (Å²) in [7, 11) is 0. The van der Waals surface area contributed by atoms with Gasteiger partial charge < -0.3 is 19.1 Å². The van der Waals surface area contributed by atoms with Gasteiger partial charge in [-0.15, -0.1) is 53.6 Å². The number of allylic oxidation sites excluding steroid dienone is 1. The molecule has 0 unspecified atom stereocenters. The molecule has 0 spiro atoms. The summed E-state index contributed by atoms with van der Waals surface area (Å²) in [4.78, 5) is 9.39. The average Bonchev–Trinajstić information content (AvgIpc) is 3.81. The molecular weight excluding hydrogens is 940 g/mol. The number of nitrogens with zero attached hydrogens (tertiary/aromatic N) is 4. The number of ether oxygens (including phenoxy) is 1. The van der Waals surface area contributed by atoms with Crippen LogP contribution in [-0.4, -0.2) is 9.55 Å². The third kappa shape index (κ3) is 8.76. The van der Waals surface area contributed by atoms with Crippen molar-refractivity contribution in [3.05, 3.63) is 162 Å². The molecule has 0 fully saturated rings. The van der Waals surface area contributed by atoms with Crippen molar-refractivity contribution in [2.75, 3.05) is 9.80 Å². The first-order valence-electron chi connectivity index (χ1n) is 21.8. The smallest absolute Gasteiger partial charge is 0.135 e. The number of benzene rings is 5. The van der Waals surface area contributed by atoms with E-state index in [1.165, 1.54) is 33.5 Å². The van der Waals surface area contributed by atoms with Crippen molar-refractivity contribution in [2.45, 2.75) is 113 Å². The topological polar surface area (TPSA) is 33.5 Å². The summed E-state index contributed by atoms with van der Waals surface area (Å²) in [5, 5.41) is 2.25. The van der Waals surface area contributed by atoms with Crippen LogP contribution in [-0.2, 0) is 31.9 Å². The fourth-order valence-electron chi connectivity index (χ4n) is 8.43. The molecule has 7 aromatic rings. The van der Waals surface area contributed by atoms with Gasteiger partial charge in [0.1, 0.15) is 5.82 Å². The van der Waals surface area contributed by atoms with Gasteiger partial charge in [-0.05, 0) is 92.4 Å². The van der Waals surface area contributed by atoms with Gasteiger partial charge in [-0.2, -0.15) is 6.07 Å². The van der Waals surface area contributed by atoms with Crippen LogP contribution in [0.25, 0.3) is 38.8 Å². The quantitative estimate of drug-likeness (QED) is 0.142. The van der Waals surface area contributed by atoms with E-state index in [2.05, 4.69) is 226 Å². The SMILES string of the molecule is CC(C)c1cccc(C(C)C)c1-c1ccc(N2[CH-]N(c3[c-]c(Oc4[c-]c5c(cc4)c4ccccc4n5-c4cc(C(C)(C)C)ccn4)cc(C(C)(C)C)c3)C=C2C(C)(C)C)cc1.[Pt]. The first-order chi connectivity index (χ1) is 28.8. The molecule has 6 heteroatoms. The standard InChI is InChI=1S/C56H61N4O.Pt/c1-36(2)45-18-16-19-46(37(3)4)53(45)38-21-23-41(24-22-38)59-35-58(34-51(59)56(11,12)13)42-29-40(55(8,9)10)30-44(32-42)61-43-25-26-48-47-17-14-15-20-49(47)60(50(48)33-43)52-31-39(27-28-57-52)54(5,6)7;/h14-31,34-37H,1-13H3;/q-3;. The largest absolute Gasteiger partial charge is 0.509 e. The summed E-state index contributed by atoms with van der Waals surface area (Å²) in [6, 6.07) is 44.5. The van der Waals surface area contributed by atoms with Gasteiger partial charge in [-0.25, -0.2) is 4.98 Å². The molecule has 2 aromatic heterocycles. The zero-order chi connectivity index (χ0) is 43.6. The van der Waals surface area contributed by atoms with Gasteiger partial charge >= 0.3 is 0 Å². The first-order valence-corrected chi connectivity index (χ1v) is 21.8. The van der Waals surface area contributed by atoms with Gasteiger partial charge in [0.05, 0.1) is 0 Å². The Kier molecular flexibility index (Phi) is 12.2. The molecular formula is C56H61N4OPt-3. The zero-order valence-electron chi connectivity index (χ0n) is 38.7. The maximum atomic E-state index is 6.78. The Morgan fingerprint density at radius 2 is 1.29 bits per heavy atom. The minimum absolute atomic E-state index is 0. The fraction of sp³-hybridized carbons (Fsp3) is 0.321. The van der Waals surface area contributed by atoms with E-state index in [-0.39, 0.29) is 37.3 Å². The van der Waals surface area contributed by atoms with Crippen LogP contribution in [0.1, 0.15) is 124 Å². The van der Waals surface area contributed by atoms with Gasteiger partial charge in [-0.3, -0.25) is 0 Å². The summed E-state index contributed by atoms with van der Waals surface area (Å²) in [5.41, 5.74) is 12.7. The minimum atomic E-state index is -0.140. The Morgan fingerprint density at radius 3 is 1.92 bits per heavy atom. The number of pyridine rings is 1. The second-order valence-electron chi connectivity index (χ2n) is 20.4. The number of fused-ring (bicyclic) bond motifs is 3. The molecule has 0 N–H and O–H groups in total. The average molecular weight is 1000 g/mol. The van der Waals surface area contributed by atoms with Gasteiger partial charge in [0.2, 0.25) is 0 Å². The van der Waals surface area contributed by atoms with Gasteiger partial charge in [0.15, 0.2) is 0 Å². The summed E-state index contributed by atoms with van der Waals surface area (Å²) >= 11 is 0. The Balaban J connectivity index is 0.00000578. The molecule has 324 valence electrons. The van der Waals surface area contributed by atoms with E-state index in [9.17, 15) is 0 Å². The van der Waals surface area contributed by atoms with Gasteiger partial charge in [0.25, 0.3) is 0 Å². The van der Waals surface area contributed by atoms with Gasteiger partial charge in [-0.1, -0.05) is 144 Å². The van der Waals surface area contributed by atoms with E-state index < -0.39 is 0 Å². The molecule has 0 aliphatic carbocycles. The maximum Gasteiger partial charge on any atom is 0.135 e. The van der Waals surface area contributed by atoms with Crippen LogP contribution >= 0.6 is 0 Å². The molecule has 3 heterocycles. The molecule has 0 radical (unpaired) electrons. The van der Waals surface area contributed by atoms with Crippen molar-refractivity contribution in [3.63, 3.8) is 0 Å². The number of hydrogen-bond acceptors (Lipinski definition) is 4. The number of rotatable bonds is 8. The third-order valence-corrected chi connectivity index (χ3v) is 11.9. The number of anilines is 2. The monoisotopic (exact) mass is 1000 g/mol. The predicted molar refractivity (Wildman–Crippen MR) is 257 cm³/mol. The molecule has 5 nitrogen and oxygen atoms in total. The molecule has 0 saturated heterocycles. The van der Waals surface area contributed by atoms with Crippen molar-refractivity contribution >= 4 is 33.2 Å². The van der Waals surface area contributed by atoms with E-state index in [1.54, 1.807) is 0 Å². The summed E-state index contributed by atoms with van der Waals surface area (Å²) in [6.07, 6.45) is 4.15. The van der Waals surface area contributed by atoms with Gasteiger partial charge in [0, 0.05) is 61.1 Å². The molecule has 8 rings (SSSR count). The maximum absolute atomic E-state index is 6.78. The summed E-state index contributed by atoms with van der Waals surface area (Å²) in [5.74, 6) is 2.98. The van der Waals surface area contributed by atoms with Crippen LogP contribution in [0.5, 0.6) is 11.5 Å². The van der Waals surface area contributed by atoms with E-state index in [0.717, 1.165) is 44.6 Å². The first kappa shape index (κ1) is 44.9. The molecule has 62 heavy (non-hydrogen) atoms. The van der Waals surface area contributed by atoms with Crippen molar-refractivity contribution < 1.29 is 25.8 Å². The Bertz CT molecular complexity index is 2750. The van der Waals surface area contributed by atoms with Crippen LogP contribution in [0.15, 0.2) is 121 Å². The van der Waals surface area contributed by atoms with Crippen LogP contribution in [0.4, 0.5) is 11.4 Å². The van der Waals surface area contributed by atoms with Crippen molar-refractivity contribution in [3.8, 4) is 28.4 Å². The molecule has 1 aliphatic rings. The van der Waals surface area contributed by atoms with Crippen molar-refractivity contribution in [1.82, 2.24) is 9.55 Å². The van der Waals surface area contributed by atoms with Crippen molar-refractivity contribution in [2.24, 2.45) is 5.41 Å². The fourth-order valence-corrected chi connectivity index (χ4v) is 8.43.